The molecule has 1 N–H and O–H groups in total. The fourth-order valence-corrected chi connectivity index (χ4v) is 17.3. The molecule has 37 heteroatoms. The maximum Gasteiger partial charge on any atom is 0.410 e. The zero-order valence-corrected chi connectivity index (χ0v) is 80.7. The van der Waals surface area contributed by atoms with E-state index in [9.17, 15) is 68.7 Å². The second kappa shape index (κ2) is 43.5. The van der Waals surface area contributed by atoms with E-state index in [0.29, 0.717) is 157 Å². The second-order valence-electron chi connectivity index (χ2n) is 36.6. The van der Waals surface area contributed by atoms with Crippen LogP contribution >= 0.6 is 0 Å². The van der Waals surface area contributed by atoms with Crippen molar-refractivity contribution < 1.29 is 102 Å². The summed E-state index contributed by atoms with van der Waals surface area (Å²) in [6.45, 7) is 17.8. The molecule has 0 unspecified atom stereocenters. The summed E-state index contributed by atoms with van der Waals surface area (Å²) in [6.07, 6.45) is 1.12. The number of methoxy groups -OCH3 is 5. The van der Waals surface area contributed by atoms with Gasteiger partial charge in [0.1, 0.15) is 57.7 Å². The molecule has 143 heavy (non-hydrogen) atoms. The summed E-state index contributed by atoms with van der Waals surface area (Å²) in [5.74, 6) is -7.25. The van der Waals surface area contributed by atoms with Gasteiger partial charge in [-0.3, -0.25) is 43.0 Å². The number of aromatic nitrogens is 10. The first-order chi connectivity index (χ1) is 68.3. The van der Waals surface area contributed by atoms with Crippen LogP contribution in [0, 0.1) is 46.5 Å². The Hall–Kier alpha value is -15.8. The van der Waals surface area contributed by atoms with E-state index in [1.165, 1.54) is 89.0 Å². The van der Waals surface area contributed by atoms with Crippen LogP contribution in [0.1, 0.15) is 177 Å². The van der Waals surface area contributed by atoms with Crippen molar-refractivity contribution in [2.45, 2.75) is 151 Å². The van der Waals surface area contributed by atoms with Crippen LogP contribution in [0.25, 0.3) is 45.0 Å². The molecule has 0 atom stereocenters. The quantitative estimate of drug-likeness (QED) is 0.0447. The number of nitrogens with one attached hydrogen (secondary N) is 1. The van der Waals surface area contributed by atoms with E-state index in [0.717, 1.165) is 97.1 Å². The van der Waals surface area contributed by atoms with Crippen LogP contribution in [0.5, 0.6) is 0 Å². The third kappa shape index (κ3) is 24.1. The van der Waals surface area contributed by atoms with Gasteiger partial charge in [0.15, 0.2) is 0 Å². The molecule has 0 radical (unpaired) electrons. The van der Waals surface area contributed by atoms with Gasteiger partial charge in [-0.05, 0) is 193 Å². The van der Waals surface area contributed by atoms with E-state index in [1.54, 1.807) is 129 Å². The van der Waals surface area contributed by atoms with Crippen LogP contribution in [-0.2, 0) is 131 Å². The zero-order chi connectivity index (χ0) is 102. The van der Waals surface area contributed by atoms with Crippen molar-refractivity contribution in [3.8, 4) is 45.0 Å². The van der Waals surface area contributed by atoms with Gasteiger partial charge in [-0.15, -0.1) is 0 Å². The molecule has 2 amide bonds. The SMILES string of the molecule is COC(=O)c1cccc(Cn2cc3c(n2)CN(C(=O)OC(C)(C)C)C3)c1.COC(=O)c1cccc(Cn2nc3c(c2-c2ccc(F)cc2F)CN(C(=O)OC(C)(C)C)C3)c1.COC(=O)c1cccc(Cn2nc3c(c2-c2ccc(F)cc2F)CN(C)C3)c1.COC(=O)c1cccc(Cn2nc3c(c2-c2ccc(F)cc2F)CN(C)C3)c1.COC(=O)c1cccc(Cn2nc3c(c2-c2ccc(F)cc2F)CNC3)c1. The third-order valence-corrected chi connectivity index (χ3v) is 23.6. The van der Waals surface area contributed by atoms with Crippen molar-refractivity contribution in [2.24, 2.45) is 0 Å². The van der Waals surface area contributed by atoms with E-state index in [4.69, 9.17) is 33.2 Å². The molecule has 5 aliphatic heterocycles. The van der Waals surface area contributed by atoms with Crippen molar-refractivity contribution in [3.63, 3.8) is 0 Å². The average Bonchev–Trinajstić information content (AvgIpc) is 1.62. The lowest BCUT2D eigenvalue weighted by Crippen LogP contribution is -2.33. The molecular formula is C106H103F8N15O14. The molecule has 0 saturated carbocycles. The van der Waals surface area contributed by atoms with Crippen LogP contribution in [0.2, 0.25) is 0 Å². The van der Waals surface area contributed by atoms with E-state index < -0.39 is 87.7 Å². The summed E-state index contributed by atoms with van der Waals surface area (Å²) in [7, 11) is 10.6. The summed E-state index contributed by atoms with van der Waals surface area (Å²) in [5, 5.41) is 26.3. The highest BCUT2D eigenvalue weighted by Gasteiger charge is 2.37. The van der Waals surface area contributed by atoms with Crippen LogP contribution in [0.3, 0.4) is 0 Å². The number of amides is 2. The minimum absolute atomic E-state index is 0.172. The highest BCUT2D eigenvalue weighted by molar-refractivity contribution is 5.92. The molecule has 0 saturated heterocycles. The monoisotopic (exact) mass is 1960 g/mol. The number of halogens is 8. The first-order valence-corrected chi connectivity index (χ1v) is 45.4. The lowest BCUT2D eigenvalue weighted by atomic mass is 10.1. The number of nitrogens with zero attached hydrogens (tertiary/aromatic N) is 14. The summed E-state index contributed by atoms with van der Waals surface area (Å²) in [5.41, 5.74) is 17.2. The molecule has 5 aromatic heterocycles. The Balaban J connectivity index is 0.000000135. The first-order valence-electron chi connectivity index (χ1n) is 45.4. The molecule has 29 nitrogen and oxygen atoms in total. The van der Waals surface area contributed by atoms with Gasteiger partial charge in [0, 0.05) is 120 Å². The summed E-state index contributed by atoms with van der Waals surface area (Å²) in [6, 6.07) is 49.3. The number of benzene rings is 9. The predicted molar refractivity (Wildman–Crippen MR) is 509 cm³/mol. The highest BCUT2D eigenvalue weighted by Crippen LogP contribution is 2.41. The van der Waals surface area contributed by atoms with E-state index in [1.807, 2.05) is 82.1 Å². The van der Waals surface area contributed by atoms with E-state index in [2.05, 4.69) is 40.6 Å². The normalized spacial score (nSPS) is 13.3. The maximum absolute atomic E-state index is 14.8. The summed E-state index contributed by atoms with van der Waals surface area (Å²) < 4.78 is 156. The van der Waals surface area contributed by atoms with E-state index >= 15 is 0 Å². The van der Waals surface area contributed by atoms with Crippen LogP contribution < -0.4 is 5.32 Å². The number of hydrogen-bond acceptors (Lipinski definition) is 22. The van der Waals surface area contributed by atoms with Crippen molar-refractivity contribution in [3.05, 3.63) is 359 Å². The number of ether oxygens (including phenoxy) is 7. The zero-order valence-electron chi connectivity index (χ0n) is 80.7. The van der Waals surface area contributed by atoms with Crippen molar-refractivity contribution in [2.75, 3.05) is 49.6 Å². The predicted octanol–water partition coefficient (Wildman–Crippen LogP) is 18.4. The molecule has 742 valence electrons. The largest absolute Gasteiger partial charge is 0.465 e. The molecule has 9 aromatic carbocycles. The third-order valence-electron chi connectivity index (χ3n) is 23.6. The van der Waals surface area contributed by atoms with Gasteiger partial charge < -0.3 is 38.5 Å². The lowest BCUT2D eigenvalue weighted by molar-refractivity contribution is 0.0229. The Labute approximate surface area is 818 Å². The average molecular weight is 1960 g/mol. The summed E-state index contributed by atoms with van der Waals surface area (Å²) in [4.78, 5) is 91.0. The van der Waals surface area contributed by atoms with Gasteiger partial charge in [-0.25, -0.2) is 68.7 Å². The Morgan fingerprint density at radius 1 is 0.315 bits per heavy atom. The van der Waals surface area contributed by atoms with Crippen LogP contribution in [-0.4, -0.2) is 171 Å². The van der Waals surface area contributed by atoms with Gasteiger partial charge in [-0.2, -0.15) is 25.5 Å². The molecular weight excluding hydrogens is 1860 g/mol. The molecule has 0 fully saturated rings. The second-order valence-corrected chi connectivity index (χ2v) is 36.6. The number of rotatable bonds is 19. The highest BCUT2D eigenvalue weighted by atomic mass is 19.2. The van der Waals surface area contributed by atoms with Gasteiger partial charge in [0.2, 0.25) is 0 Å². The fourth-order valence-electron chi connectivity index (χ4n) is 17.3. The van der Waals surface area contributed by atoms with Gasteiger partial charge in [0.25, 0.3) is 0 Å². The van der Waals surface area contributed by atoms with Crippen molar-refractivity contribution >= 4 is 42.0 Å². The maximum atomic E-state index is 14.8. The molecule has 14 aromatic rings. The minimum Gasteiger partial charge on any atom is -0.465 e. The molecule has 5 aliphatic rings. The van der Waals surface area contributed by atoms with E-state index in [-0.39, 0.29) is 37.3 Å². The van der Waals surface area contributed by atoms with Crippen LogP contribution in [0.4, 0.5) is 44.7 Å². The van der Waals surface area contributed by atoms with Crippen LogP contribution in [0.15, 0.2) is 200 Å². The van der Waals surface area contributed by atoms with Gasteiger partial charge in [0.05, 0.1) is 174 Å². The number of carbonyl (C=O) groups excluding carboxylic acids is 7. The molecule has 10 heterocycles. The van der Waals surface area contributed by atoms with Gasteiger partial charge >= 0.3 is 42.0 Å². The van der Waals surface area contributed by atoms with Gasteiger partial charge in [-0.1, -0.05) is 60.7 Å². The Morgan fingerprint density at radius 2 is 0.601 bits per heavy atom. The molecule has 0 bridgehead atoms. The van der Waals surface area contributed by atoms with Crippen molar-refractivity contribution in [1.29, 1.82) is 0 Å². The smallest absolute Gasteiger partial charge is 0.410 e. The lowest BCUT2D eigenvalue weighted by Gasteiger charge is -2.24. The number of hydrogen-bond donors (Lipinski definition) is 1. The molecule has 19 rings (SSSR count). The number of carbonyl (C=O) groups is 7. The Kier molecular flexibility index (Phi) is 31.0. The van der Waals surface area contributed by atoms with Crippen molar-refractivity contribution in [1.82, 2.24) is 73.8 Å². The molecule has 0 spiro atoms. The standard InChI is InChI=1S/C25H25F2N3O4.2C21H19F2N3O2.C20H17F2N3O2.C19H23N3O4/c1-25(2,3)34-24(32)29-13-19-21(14-29)28-30(22(19)18-9-8-17(26)11-20(18)27)12-15-6-5-7-16(10-15)23(31)33-4;2*1-25-11-17-19(12-25)24-26(20(17)16-7-6-15(22)9-18(16)23)10-13-4-3-5-14(8-13)21(27)28-2;1-27-20(26)13-4-2-3-12(7-13)11-25-19(16-9-23-10-18(16)24-25)15-6-5-14(21)8-17(15)22;1-19(2,3)26-18(24)21-10-15-11-22(20-16(15)12-21)9-13-6-5-7-14(8-13)17(23)25-4/h5-11H,12-14H2,1-4H3;2*3-9H,10-12H2,1-2H3;2-8,23H,9-11H2,1H3;5-8,11H,9-10,12H2,1-4H3. The Morgan fingerprint density at radius 3 is 0.909 bits per heavy atom. The number of fused-ring (bicyclic) bond motifs is 5. The Bertz CT molecular complexity index is 7000. The number of esters is 5. The summed E-state index contributed by atoms with van der Waals surface area (Å²) >= 11 is 0. The minimum atomic E-state index is -0.733. The topological polar surface area (TPSA) is 298 Å². The molecule has 0 aliphatic carbocycles. The fraction of sp³-hybridized carbons (Fsp3) is 0.283. The first kappa shape index (κ1) is 102.